The van der Waals surface area contributed by atoms with Gasteiger partial charge in [0.15, 0.2) is 5.69 Å². The first-order valence-corrected chi connectivity index (χ1v) is 8.14. The molecule has 2 aromatic rings. The number of benzene rings is 1. The van der Waals surface area contributed by atoms with Crippen LogP contribution in [0, 0.1) is 0 Å². The Balaban J connectivity index is 1.84. The Kier molecular flexibility index (Phi) is 4.24. The molecule has 0 aliphatic carbocycles. The quantitative estimate of drug-likeness (QED) is 0.762. The largest absolute Gasteiger partial charge is 0.319 e. The van der Waals surface area contributed by atoms with Crippen molar-refractivity contribution in [1.29, 1.82) is 0 Å². The number of aromatic nitrogens is 2. The maximum atomic E-state index is 12.3. The van der Waals surface area contributed by atoms with Crippen LogP contribution in [0.1, 0.15) is 34.4 Å². The summed E-state index contributed by atoms with van der Waals surface area (Å²) in [6, 6.07) is 7.10. The Morgan fingerprint density at radius 1 is 1.48 bits per heavy atom. The zero-order valence-corrected chi connectivity index (χ0v) is 14.0. The third kappa shape index (κ3) is 2.96. The van der Waals surface area contributed by atoms with Gasteiger partial charge in [-0.15, -0.1) is 11.6 Å². The van der Waals surface area contributed by atoms with E-state index in [1.165, 1.54) is 0 Å². The van der Waals surface area contributed by atoms with E-state index in [4.69, 9.17) is 23.2 Å². The molecule has 0 saturated carbocycles. The van der Waals surface area contributed by atoms with Crippen molar-refractivity contribution in [1.82, 2.24) is 9.78 Å². The minimum absolute atomic E-state index is 0.0812. The van der Waals surface area contributed by atoms with Crippen molar-refractivity contribution in [3.63, 3.8) is 0 Å². The number of carbonyl (C=O) groups excluding carboxylic acids is 1. The molecule has 0 radical (unpaired) electrons. The fourth-order valence-electron chi connectivity index (χ4n) is 2.33. The second kappa shape index (κ2) is 5.99. The lowest BCUT2D eigenvalue weighted by molar-refractivity contribution is 0.102. The Morgan fingerprint density at radius 2 is 2.29 bits per heavy atom. The van der Waals surface area contributed by atoms with E-state index in [1.54, 1.807) is 22.9 Å². The Morgan fingerprint density at radius 3 is 3.05 bits per heavy atom. The number of aryl methyl sites for hydroxylation is 1. The smallest absolute Gasteiger partial charge is 0.276 e. The molecule has 1 amide bonds. The topological polar surface area (TPSA) is 46.9 Å². The number of alkyl halides is 1. The van der Waals surface area contributed by atoms with Gasteiger partial charge in [0.25, 0.3) is 5.91 Å². The molecule has 0 fully saturated rings. The highest BCUT2D eigenvalue weighted by Crippen LogP contribution is 2.32. The van der Waals surface area contributed by atoms with Crippen LogP contribution in [0.15, 0.2) is 28.7 Å². The average molecular weight is 389 g/mol. The molecule has 3 rings (SSSR count). The van der Waals surface area contributed by atoms with Gasteiger partial charge in [-0.25, -0.2) is 0 Å². The van der Waals surface area contributed by atoms with Gasteiger partial charge in [0.1, 0.15) is 0 Å². The Bertz CT molecular complexity index is 702. The highest BCUT2D eigenvalue weighted by Gasteiger charge is 2.23. The normalized spacial score (nSPS) is 17.4. The molecule has 1 atom stereocenters. The maximum Gasteiger partial charge on any atom is 0.276 e. The predicted octanol–water partition coefficient (Wildman–Crippen LogP) is 4.63. The minimum Gasteiger partial charge on any atom is -0.319 e. The van der Waals surface area contributed by atoms with E-state index in [0.29, 0.717) is 16.4 Å². The van der Waals surface area contributed by atoms with Crippen LogP contribution in [0.2, 0.25) is 5.02 Å². The van der Waals surface area contributed by atoms with Crippen molar-refractivity contribution in [2.24, 2.45) is 0 Å². The van der Waals surface area contributed by atoms with Gasteiger partial charge in [0, 0.05) is 11.0 Å². The van der Waals surface area contributed by atoms with Gasteiger partial charge in [-0.3, -0.25) is 9.48 Å². The highest BCUT2D eigenvalue weighted by molar-refractivity contribution is 9.10. The molecule has 21 heavy (non-hydrogen) atoms. The van der Waals surface area contributed by atoms with Crippen molar-refractivity contribution in [3.8, 4) is 0 Å². The van der Waals surface area contributed by atoms with E-state index in [2.05, 4.69) is 26.3 Å². The third-order valence-corrected chi connectivity index (χ3v) is 5.13. The molecule has 110 valence electrons. The fraction of sp³-hybridized carbons (Fsp3) is 0.286. The molecule has 0 bridgehead atoms. The standard InChI is InChI=1S/C14H12BrCl2N3O/c15-8-3-1-5-10(13(8)17)18-14(21)11-7-12-9(16)4-2-6-20(12)19-11/h1,3,5,7,9H,2,4,6H2,(H,18,21). The number of hydrogen-bond acceptors (Lipinski definition) is 2. The number of carbonyl (C=O) groups is 1. The van der Waals surface area contributed by atoms with Gasteiger partial charge in [0.05, 0.1) is 21.8 Å². The summed E-state index contributed by atoms with van der Waals surface area (Å²) in [6.07, 6.45) is 1.88. The van der Waals surface area contributed by atoms with Crippen LogP contribution in [-0.4, -0.2) is 15.7 Å². The first-order valence-electron chi connectivity index (χ1n) is 6.53. The summed E-state index contributed by atoms with van der Waals surface area (Å²) in [5.41, 5.74) is 1.80. The molecule has 1 aliphatic heterocycles. The van der Waals surface area contributed by atoms with Gasteiger partial charge in [-0.05, 0) is 47.0 Å². The predicted molar refractivity (Wildman–Crippen MR) is 87.2 cm³/mol. The molecule has 1 aromatic carbocycles. The lowest BCUT2D eigenvalue weighted by Crippen LogP contribution is -2.15. The Labute approximate surface area is 140 Å². The van der Waals surface area contributed by atoms with E-state index in [-0.39, 0.29) is 11.3 Å². The van der Waals surface area contributed by atoms with Gasteiger partial charge in [-0.2, -0.15) is 5.10 Å². The first kappa shape index (κ1) is 14.9. The fourth-order valence-corrected chi connectivity index (χ4v) is 3.20. The lowest BCUT2D eigenvalue weighted by atomic mass is 10.1. The minimum atomic E-state index is -0.291. The van der Waals surface area contributed by atoms with Crippen LogP contribution in [0.25, 0.3) is 0 Å². The first-order chi connectivity index (χ1) is 10.1. The summed E-state index contributed by atoms with van der Waals surface area (Å²) in [5, 5.41) is 7.47. The monoisotopic (exact) mass is 387 g/mol. The van der Waals surface area contributed by atoms with E-state index in [9.17, 15) is 4.79 Å². The van der Waals surface area contributed by atoms with Crippen molar-refractivity contribution in [3.05, 3.63) is 45.1 Å². The van der Waals surface area contributed by atoms with Crippen LogP contribution in [0.3, 0.4) is 0 Å². The lowest BCUT2D eigenvalue weighted by Gasteiger charge is -2.17. The number of nitrogens with zero attached hydrogens (tertiary/aromatic N) is 2. The average Bonchev–Trinajstić information content (AvgIpc) is 2.89. The van der Waals surface area contributed by atoms with Crippen molar-refractivity contribution in [2.75, 3.05) is 5.32 Å². The van der Waals surface area contributed by atoms with Crippen LogP contribution in [0.4, 0.5) is 5.69 Å². The number of rotatable bonds is 2. The summed E-state index contributed by atoms with van der Waals surface area (Å²) < 4.78 is 2.53. The molecule has 1 N–H and O–H groups in total. The number of hydrogen-bond donors (Lipinski definition) is 1. The van der Waals surface area contributed by atoms with Gasteiger partial charge >= 0.3 is 0 Å². The second-order valence-electron chi connectivity index (χ2n) is 4.84. The van der Waals surface area contributed by atoms with Crippen LogP contribution >= 0.6 is 39.1 Å². The zero-order valence-electron chi connectivity index (χ0n) is 10.9. The molecule has 0 spiro atoms. The molecule has 1 aromatic heterocycles. The van der Waals surface area contributed by atoms with Crippen molar-refractivity contribution >= 4 is 50.7 Å². The molecule has 4 nitrogen and oxygen atoms in total. The number of halogens is 3. The van der Waals surface area contributed by atoms with Crippen molar-refractivity contribution < 1.29 is 4.79 Å². The summed E-state index contributed by atoms with van der Waals surface area (Å²) in [5.74, 6) is -0.291. The molecule has 1 unspecified atom stereocenters. The third-order valence-electron chi connectivity index (χ3n) is 3.39. The maximum absolute atomic E-state index is 12.3. The molecular weight excluding hydrogens is 377 g/mol. The van der Waals surface area contributed by atoms with Gasteiger partial charge in [-0.1, -0.05) is 17.7 Å². The molecule has 0 saturated heterocycles. The summed E-state index contributed by atoms with van der Waals surface area (Å²) in [6.45, 7) is 0.795. The second-order valence-corrected chi connectivity index (χ2v) is 6.60. The van der Waals surface area contributed by atoms with E-state index in [0.717, 1.165) is 29.6 Å². The van der Waals surface area contributed by atoms with E-state index < -0.39 is 0 Å². The molecular formula is C14H12BrCl2N3O. The summed E-state index contributed by atoms with van der Waals surface area (Å²) in [4.78, 5) is 12.3. The van der Waals surface area contributed by atoms with Crippen LogP contribution < -0.4 is 5.32 Å². The number of anilines is 1. The van der Waals surface area contributed by atoms with Crippen molar-refractivity contribution in [2.45, 2.75) is 24.8 Å². The van der Waals surface area contributed by atoms with E-state index in [1.807, 2.05) is 6.07 Å². The van der Waals surface area contributed by atoms with Gasteiger partial charge in [0.2, 0.25) is 0 Å². The van der Waals surface area contributed by atoms with E-state index >= 15 is 0 Å². The number of amides is 1. The number of fused-ring (bicyclic) bond motifs is 1. The summed E-state index contributed by atoms with van der Waals surface area (Å²) >= 11 is 15.7. The zero-order chi connectivity index (χ0) is 15.0. The Hall–Kier alpha value is -1.04. The SMILES string of the molecule is O=C(Nc1cccc(Br)c1Cl)c1cc2n(n1)CCCC2Cl. The molecule has 2 heterocycles. The van der Waals surface area contributed by atoms with Crippen LogP contribution in [-0.2, 0) is 6.54 Å². The van der Waals surface area contributed by atoms with Gasteiger partial charge < -0.3 is 5.32 Å². The highest BCUT2D eigenvalue weighted by atomic mass is 79.9. The molecule has 7 heteroatoms. The van der Waals surface area contributed by atoms with Crippen LogP contribution in [0.5, 0.6) is 0 Å². The number of nitrogens with one attached hydrogen (secondary N) is 1. The molecule has 1 aliphatic rings. The summed E-state index contributed by atoms with van der Waals surface area (Å²) in [7, 11) is 0.